The van der Waals surface area contributed by atoms with Crippen LogP contribution in [0.3, 0.4) is 0 Å². The number of nitrogens with zero attached hydrogens (tertiary/aromatic N) is 5. The molecule has 3 saturated heterocycles. The van der Waals surface area contributed by atoms with Crippen LogP contribution < -0.4 is 5.32 Å². The zero-order valence-corrected chi connectivity index (χ0v) is 14.1. The topological polar surface area (TPSA) is 57.2 Å². The van der Waals surface area contributed by atoms with Gasteiger partial charge in [-0.3, -0.25) is 14.8 Å². The van der Waals surface area contributed by atoms with E-state index in [0.29, 0.717) is 6.04 Å². The smallest absolute Gasteiger partial charge is 0.161 e. The number of piperazine rings is 3. The van der Waals surface area contributed by atoms with Crippen molar-refractivity contribution >= 4 is 5.82 Å². The number of nitrogens with one attached hydrogen (secondary N) is 1. The van der Waals surface area contributed by atoms with E-state index in [1.165, 1.54) is 26.2 Å². The molecular formula is C18H24N6. The number of hydrogen-bond acceptors (Lipinski definition) is 6. The van der Waals surface area contributed by atoms with Gasteiger partial charge in [0.05, 0.1) is 0 Å². The van der Waals surface area contributed by atoms with Crippen molar-refractivity contribution in [3.8, 4) is 11.4 Å². The third-order valence-electron chi connectivity index (χ3n) is 4.99. The molecule has 6 nitrogen and oxygen atoms in total. The highest BCUT2D eigenvalue weighted by molar-refractivity contribution is 5.56. The summed E-state index contributed by atoms with van der Waals surface area (Å²) in [4.78, 5) is 18.6. The number of hydrogen-bond donors (Lipinski definition) is 1. The number of anilines is 1. The average Bonchev–Trinajstić information content (AvgIpc) is 2.68. The fourth-order valence-electron chi connectivity index (χ4n) is 3.54. The Morgan fingerprint density at radius 1 is 1.12 bits per heavy atom. The third kappa shape index (κ3) is 3.25. The fraction of sp³-hybridized carbons (Fsp3) is 0.500. The van der Waals surface area contributed by atoms with E-state index < -0.39 is 0 Å². The van der Waals surface area contributed by atoms with Crippen molar-refractivity contribution in [2.75, 3.05) is 44.6 Å². The summed E-state index contributed by atoms with van der Waals surface area (Å²) in [6, 6.07) is 6.56. The molecule has 0 radical (unpaired) electrons. The molecule has 0 aromatic carbocycles. The Bertz CT molecular complexity index is 681. The van der Waals surface area contributed by atoms with Gasteiger partial charge in [-0.25, -0.2) is 9.97 Å². The minimum Gasteiger partial charge on any atom is -0.368 e. The molecule has 2 bridgehead atoms. The van der Waals surface area contributed by atoms with Crippen LogP contribution in [0.2, 0.25) is 0 Å². The molecule has 0 aliphatic carbocycles. The van der Waals surface area contributed by atoms with Crippen molar-refractivity contribution in [2.45, 2.75) is 19.4 Å². The number of aryl methyl sites for hydroxylation is 1. The number of fused-ring (bicyclic) bond motifs is 3. The van der Waals surface area contributed by atoms with Crippen LogP contribution in [0, 0.1) is 0 Å². The summed E-state index contributed by atoms with van der Waals surface area (Å²) in [5.41, 5.74) is 2.07. The normalized spacial score (nSPS) is 25.6. The Labute approximate surface area is 142 Å². The molecule has 3 fully saturated rings. The molecule has 1 N–H and O–H groups in total. The summed E-state index contributed by atoms with van der Waals surface area (Å²) in [5.74, 6) is 1.69. The minimum atomic E-state index is 0.580. The molecule has 2 aromatic rings. The van der Waals surface area contributed by atoms with E-state index >= 15 is 0 Å². The van der Waals surface area contributed by atoms with Gasteiger partial charge in [0.25, 0.3) is 0 Å². The van der Waals surface area contributed by atoms with E-state index in [9.17, 15) is 0 Å². The van der Waals surface area contributed by atoms with E-state index in [0.717, 1.165) is 42.4 Å². The Balaban J connectivity index is 1.50. The lowest BCUT2D eigenvalue weighted by Crippen LogP contribution is -2.62. The summed E-state index contributed by atoms with van der Waals surface area (Å²) in [5, 5.41) is 3.55. The summed E-state index contributed by atoms with van der Waals surface area (Å²) >= 11 is 0. The van der Waals surface area contributed by atoms with Crippen LogP contribution in [-0.4, -0.2) is 70.1 Å². The van der Waals surface area contributed by atoms with Crippen molar-refractivity contribution in [1.82, 2.24) is 24.8 Å². The molecule has 0 spiro atoms. The van der Waals surface area contributed by atoms with E-state index in [1.54, 1.807) is 12.4 Å². The quantitative estimate of drug-likeness (QED) is 0.900. The van der Waals surface area contributed by atoms with Gasteiger partial charge >= 0.3 is 0 Å². The van der Waals surface area contributed by atoms with Crippen LogP contribution in [0.5, 0.6) is 0 Å². The first kappa shape index (κ1) is 15.5. The van der Waals surface area contributed by atoms with E-state index in [-0.39, 0.29) is 0 Å². The summed E-state index contributed by atoms with van der Waals surface area (Å²) in [7, 11) is 0. The van der Waals surface area contributed by atoms with Gasteiger partial charge < -0.3 is 5.32 Å². The molecule has 24 heavy (non-hydrogen) atoms. The van der Waals surface area contributed by atoms with Crippen molar-refractivity contribution in [1.29, 1.82) is 0 Å². The Morgan fingerprint density at radius 3 is 2.58 bits per heavy atom. The van der Waals surface area contributed by atoms with Crippen LogP contribution in [0.4, 0.5) is 5.82 Å². The lowest BCUT2D eigenvalue weighted by molar-refractivity contribution is 0.0189. The van der Waals surface area contributed by atoms with Crippen molar-refractivity contribution < 1.29 is 0 Å². The maximum Gasteiger partial charge on any atom is 0.161 e. The molecular weight excluding hydrogens is 300 g/mol. The van der Waals surface area contributed by atoms with Gasteiger partial charge in [-0.05, 0) is 18.6 Å². The molecule has 126 valence electrons. The average molecular weight is 324 g/mol. The first-order valence-electron chi connectivity index (χ1n) is 8.80. The summed E-state index contributed by atoms with van der Waals surface area (Å²) in [6.45, 7) is 9.05. The first-order valence-corrected chi connectivity index (χ1v) is 8.80. The second kappa shape index (κ2) is 6.83. The SMILES string of the molecule is CCc1cc(NCC2CN3CCN2CC3)nc(-c2ccncc2)n1. The molecule has 1 unspecified atom stereocenters. The summed E-state index contributed by atoms with van der Waals surface area (Å²) < 4.78 is 0. The number of pyridine rings is 1. The maximum atomic E-state index is 4.72. The highest BCUT2D eigenvalue weighted by Crippen LogP contribution is 2.19. The van der Waals surface area contributed by atoms with Crippen LogP contribution in [-0.2, 0) is 6.42 Å². The van der Waals surface area contributed by atoms with Crippen LogP contribution in [0.15, 0.2) is 30.6 Å². The lowest BCUT2D eigenvalue weighted by atomic mass is 10.1. The van der Waals surface area contributed by atoms with E-state index in [1.807, 2.05) is 12.1 Å². The Hall–Kier alpha value is -2.05. The molecule has 0 saturated carbocycles. The van der Waals surface area contributed by atoms with Gasteiger partial charge in [0.15, 0.2) is 5.82 Å². The second-order valence-corrected chi connectivity index (χ2v) is 6.53. The highest BCUT2D eigenvalue weighted by atomic mass is 15.3. The molecule has 5 heterocycles. The Kier molecular flexibility index (Phi) is 4.40. The zero-order valence-electron chi connectivity index (χ0n) is 14.1. The zero-order chi connectivity index (χ0) is 16.4. The molecule has 5 rings (SSSR count). The predicted octanol–water partition coefficient (Wildman–Crippen LogP) is 1.51. The molecule has 0 amide bonds. The van der Waals surface area contributed by atoms with Gasteiger partial charge in [0.2, 0.25) is 0 Å². The van der Waals surface area contributed by atoms with Gasteiger partial charge in [0, 0.05) is 75.0 Å². The lowest BCUT2D eigenvalue weighted by Gasteiger charge is -2.47. The molecule has 2 aromatic heterocycles. The van der Waals surface area contributed by atoms with Crippen LogP contribution in [0.1, 0.15) is 12.6 Å². The maximum absolute atomic E-state index is 4.72. The van der Waals surface area contributed by atoms with Gasteiger partial charge in [-0.15, -0.1) is 0 Å². The number of aromatic nitrogens is 3. The largest absolute Gasteiger partial charge is 0.368 e. The molecule has 6 heteroatoms. The standard InChI is InChI=1S/C18H24N6/c1-2-15-11-17(22-18(21-15)14-3-5-19-6-4-14)20-12-16-13-23-7-9-24(16)10-8-23/h3-6,11,16H,2,7-10,12-13H2,1H3,(H,20,21,22). The summed E-state index contributed by atoms with van der Waals surface area (Å²) in [6.07, 6.45) is 4.47. The van der Waals surface area contributed by atoms with Gasteiger partial charge in [-0.2, -0.15) is 0 Å². The molecule has 3 aliphatic rings. The highest BCUT2D eigenvalue weighted by Gasteiger charge is 2.31. The molecule has 3 aliphatic heterocycles. The van der Waals surface area contributed by atoms with Gasteiger partial charge in [0.1, 0.15) is 5.82 Å². The molecule has 1 atom stereocenters. The van der Waals surface area contributed by atoms with E-state index in [4.69, 9.17) is 4.98 Å². The monoisotopic (exact) mass is 324 g/mol. The van der Waals surface area contributed by atoms with Crippen molar-refractivity contribution in [2.24, 2.45) is 0 Å². The van der Waals surface area contributed by atoms with Crippen molar-refractivity contribution in [3.05, 3.63) is 36.3 Å². The van der Waals surface area contributed by atoms with E-state index in [2.05, 4.69) is 38.1 Å². The predicted molar refractivity (Wildman–Crippen MR) is 94.9 cm³/mol. The van der Waals surface area contributed by atoms with Gasteiger partial charge in [-0.1, -0.05) is 6.92 Å². The second-order valence-electron chi connectivity index (χ2n) is 6.53. The minimum absolute atomic E-state index is 0.580. The Morgan fingerprint density at radius 2 is 1.92 bits per heavy atom. The first-order chi connectivity index (χ1) is 11.8. The number of rotatable bonds is 5. The van der Waals surface area contributed by atoms with Crippen LogP contribution >= 0.6 is 0 Å². The van der Waals surface area contributed by atoms with Crippen molar-refractivity contribution in [3.63, 3.8) is 0 Å². The van der Waals surface area contributed by atoms with Crippen LogP contribution in [0.25, 0.3) is 11.4 Å². The third-order valence-corrected chi connectivity index (χ3v) is 4.99. The fourth-order valence-corrected chi connectivity index (χ4v) is 3.54.